The molecule has 0 saturated carbocycles. The largest absolute Gasteiger partial charge is 0.494 e. The van der Waals surface area contributed by atoms with E-state index in [9.17, 15) is 4.79 Å². The maximum Gasteiger partial charge on any atom is 0.182 e. The topological polar surface area (TPSA) is 41.9 Å². The van der Waals surface area contributed by atoms with Crippen LogP contribution in [0.3, 0.4) is 0 Å². The van der Waals surface area contributed by atoms with Crippen molar-refractivity contribution in [2.45, 2.75) is 26.7 Å². The number of carbonyl (C=O) groups excluding carboxylic acids is 1. The van der Waals surface area contributed by atoms with Gasteiger partial charge in [-0.05, 0) is 61.7 Å². The highest BCUT2D eigenvalue weighted by molar-refractivity contribution is 8.14. The molecular formula is C22H26N2O2S. The number of carbonyl (C=O) groups is 1. The summed E-state index contributed by atoms with van der Waals surface area (Å²) in [5, 5.41) is 0.935. The van der Waals surface area contributed by atoms with Crippen molar-refractivity contribution < 1.29 is 9.53 Å². The van der Waals surface area contributed by atoms with E-state index in [1.165, 1.54) is 5.56 Å². The lowest BCUT2D eigenvalue weighted by Gasteiger charge is -2.27. The number of aryl methyl sites for hydroxylation is 1. The van der Waals surface area contributed by atoms with Gasteiger partial charge in [0.05, 0.1) is 13.2 Å². The molecule has 0 aliphatic carbocycles. The SMILES string of the molecule is CCOc1ccc(C(=O)CN(C2=NCCCS2)c2ccc(CC)cc2)cc1. The number of thioether (sulfide) groups is 1. The fraction of sp³-hybridized carbons (Fsp3) is 0.364. The van der Waals surface area contributed by atoms with E-state index in [1.54, 1.807) is 11.8 Å². The Balaban J connectivity index is 1.81. The van der Waals surface area contributed by atoms with Crippen molar-refractivity contribution >= 4 is 28.4 Å². The summed E-state index contributed by atoms with van der Waals surface area (Å²) in [6.45, 7) is 5.81. The molecule has 0 atom stereocenters. The number of aliphatic imine (C=N–C) groups is 1. The van der Waals surface area contributed by atoms with E-state index in [0.29, 0.717) is 12.2 Å². The van der Waals surface area contributed by atoms with Gasteiger partial charge in [-0.25, -0.2) is 0 Å². The van der Waals surface area contributed by atoms with Crippen LogP contribution in [-0.4, -0.2) is 36.4 Å². The molecule has 2 aromatic carbocycles. The van der Waals surface area contributed by atoms with Gasteiger partial charge in [-0.3, -0.25) is 9.79 Å². The van der Waals surface area contributed by atoms with Crippen LogP contribution in [0.25, 0.3) is 0 Å². The Hall–Kier alpha value is -2.27. The van der Waals surface area contributed by atoms with Gasteiger partial charge in [-0.1, -0.05) is 30.8 Å². The molecular weight excluding hydrogens is 356 g/mol. The van der Waals surface area contributed by atoms with Crippen LogP contribution in [0.5, 0.6) is 5.75 Å². The molecule has 0 radical (unpaired) electrons. The lowest BCUT2D eigenvalue weighted by molar-refractivity contribution is 0.100. The first-order chi connectivity index (χ1) is 13.2. The first-order valence-corrected chi connectivity index (χ1v) is 10.5. The van der Waals surface area contributed by atoms with Crippen LogP contribution in [-0.2, 0) is 6.42 Å². The van der Waals surface area contributed by atoms with Gasteiger partial charge in [-0.15, -0.1) is 0 Å². The molecule has 5 heteroatoms. The molecule has 0 aromatic heterocycles. The fourth-order valence-electron chi connectivity index (χ4n) is 2.93. The van der Waals surface area contributed by atoms with E-state index in [0.717, 1.165) is 41.7 Å². The number of anilines is 1. The number of ether oxygens (including phenoxy) is 1. The second kappa shape index (κ2) is 9.60. The van der Waals surface area contributed by atoms with E-state index in [1.807, 2.05) is 36.1 Å². The third kappa shape index (κ3) is 5.13. The predicted molar refractivity (Wildman–Crippen MR) is 114 cm³/mol. The quantitative estimate of drug-likeness (QED) is 0.643. The molecule has 1 heterocycles. The van der Waals surface area contributed by atoms with Crippen LogP contribution in [0.2, 0.25) is 0 Å². The van der Waals surface area contributed by atoms with Gasteiger partial charge in [0.15, 0.2) is 11.0 Å². The average molecular weight is 383 g/mol. The molecule has 1 aliphatic rings. The van der Waals surface area contributed by atoms with Gasteiger partial charge >= 0.3 is 0 Å². The molecule has 27 heavy (non-hydrogen) atoms. The maximum atomic E-state index is 12.9. The molecule has 2 aromatic rings. The van der Waals surface area contributed by atoms with Crippen molar-refractivity contribution in [3.63, 3.8) is 0 Å². The molecule has 0 unspecified atom stereocenters. The maximum absolute atomic E-state index is 12.9. The number of rotatable bonds is 7. The minimum atomic E-state index is 0.0755. The minimum absolute atomic E-state index is 0.0755. The Morgan fingerprint density at radius 2 is 1.85 bits per heavy atom. The van der Waals surface area contributed by atoms with Crippen LogP contribution in [0.1, 0.15) is 36.2 Å². The minimum Gasteiger partial charge on any atom is -0.494 e. The summed E-state index contributed by atoms with van der Waals surface area (Å²) in [5.74, 6) is 1.90. The number of nitrogens with zero attached hydrogens (tertiary/aromatic N) is 2. The van der Waals surface area contributed by atoms with E-state index in [2.05, 4.69) is 36.2 Å². The zero-order valence-corrected chi connectivity index (χ0v) is 16.8. The molecule has 1 aliphatic heterocycles. The van der Waals surface area contributed by atoms with Crippen molar-refractivity contribution in [1.29, 1.82) is 0 Å². The molecule has 0 spiro atoms. The van der Waals surface area contributed by atoms with Gasteiger partial charge < -0.3 is 9.64 Å². The van der Waals surface area contributed by atoms with Crippen molar-refractivity contribution in [3.05, 3.63) is 59.7 Å². The van der Waals surface area contributed by atoms with Gasteiger partial charge in [0.1, 0.15) is 5.75 Å². The zero-order chi connectivity index (χ0) is 19.1. The Bertz CT molecular complexity index is 785. The molecule has 4 nitrogen and oxygen atoms in total. The van der Waals surface area contributed by atoms with Gasteiger partial charge in [0.2, 0.25) is 0 Å². The standard InChI is InChI=1S/C22H26N2O2S/c1-3-17-6-10-19(11-7-17)24(22-23-14-5-15-27-22)16-21(25)18-8-12-20(13-9-18)26-4-2/h6-13H,3-5,14-16H2,1-2H3. The molecule has 0 fully saturated rings. The van der Waals surface area contributed by atoms with Crippen molar-refractivity contribution in [2.24, 2.45) is 4.99 Å². The van der Waals surface area contributed by atoms with Crippen molar-refractivity contribution in [3.8, 4) is 5.75 Å². The summed E-state index contributed by atoms with van der Waals surface area (Å²) in [5.41, 5.74) is 2.99. The number of Topliss-reactive ketones (excluding diaryl/α,β-unsaturated/α-hetero) is 1. The zero-order valence-electron chi connectivity index (χ0n) is 16.0. The Kier molecular flexibility index (Phi) is 6.93. The summed E-state index contributed by atoms with van der Waals surface area (Å²) >= 11 is 1.73. The second-order valence-corrected chi connectivity index (χ2v) is 7.42. The van der Waals surface area contributed by atoms with E-state index in [4.69, 9.17) is 4.74 Å². The highest BCUT2D eigenvalue weighted by Crippen LogP contribution is 2.24. The number of hydrogen-bond donors (Lipinski definition) is 0. The number of hydrogen-bond acceptors (Lipinski definition) is 5. The van der Waals surface area contributed by atoms with Crippen LogP contribution >= 0.6 is 11.8 Å². The summed E-state index contributed by atoms with van der Waals surface area (Å²) in [6.07, 6.45) is 2.09. The second-order valence-electron chi connectivity index (χ2n) is 6.35. The van der Waals surface area contributed by atoms with Crippen LogP contribution in [0.15, 0.2) is 53.5 Å². The lowest BCUT2D eigenvalue weighted by Crippen LogP contribution is -2.35. The predicted octanol–water partition coefficient (Wildman–Crippen LogP) is 4.83. The van der Waals surface area contributed by atoms with E-state index >= 15 is 0 Å². The fourth-order valence-corrected chi connectivity index (χ4v) is 3.90. The Morgan fingerprint density at radius 1 is 1.11 bits per heavy atom. The highest BCUT2D eigenvalue weighted by atomic mass is 32.2. The lowest BCUT2D eigenvalue weighted by atomic mass is 10.1. The van der Waals surface area contributed by atoms with Gasteiger partial charge in [0.25, 0.3) is 0 Å². The third-order valence-electron chi connectivity index (χ3n) is 4.46. The first kappa shape index (κ1) is 19.5. The normalized spacial score (nSPS) is 13.8. The monoisotopic (exact) mass is 382 g/mol. The average Bonchev–Trinajstić information content (AvgIpc) is 2.73. The van der Waals surface area contributed by atoms with E-state index < -0.39 is 0 Å². The highest BCUT2D eigenvalue weighted by Gasteiger charge is 2.20. The first-order valence-electron chi connectivity index (χ1n) is 9.51. The number of ketones is 1. The molecule has 0 N–H and O–H groups in total. The van der Waals surface area contributed by atoms with Crippen LogP contribution in [0.4, 0.5) is 5.69 Å². The molecule has 0 bridgehead atoms. The summed E-state index contributed by atoms with van der Waals surface area (Å²) < 4.78 is 5.46. The Labute approximate surface area is 165 Å². The smallest absolute Gasteiger partial charge is 0.182 e. The molecule has 0 saturated heterocycles. The number of amidine groups is 1. The molecule has 142 valence electrons. The van der Waals surface area contributed by atoms with Crippen molar-refractivity contribution in [2.75, 3.05) is 30.3 Å². The third-order valence-corrected chi connectivity index (χ3v) is 5.56. The summed E-state index contributed by atoms with van der Waals surface area (Å²) in [6, 6.07) is 15.8. The Morgan fingerprint density at radius 3 is 2.44 bits per heavy atom. The van der Waals surface area contributed by atoms with Crippen molar-refractivity contribution in [1.82, 2.24) is 0 Å². The van der Waals surface area contributed by atoms with Gasteiger partial charge in [0, 0.05) is 23.5 Å². The van der Waals surface area contributed by atoms with E-state index in [-0.39, 0.29) is 12.3 Å². The summed E-state index contributed by atoms with van der Waals surface area (Å²) in [7, 11) is 0. The molecule has 0 amide bonds. The van der Waals surface area contributed by atoms with Gasteiger partial charge in [-0.2, -0.15) is 0 Å². The van der Waals surface area contributed by atoms with Crippen LogP contribution in [0, 0.1) is 0 Å². The number of benzene rings is 2. The molecule has 3 rings (SSSR count). The van der Waals surface area contributed by atoms with Crippen LogP contribution < -0.4 is 9.64 Å². The summed E-state index contributed by atoms with van der Waals surface area (Å²) in [4.78, 5) is 19.6.